The second kappa shape index (κ2) is 7.75. The Morgan fingerprint density at radius 1 is 1.53 bits per heavy atom. The van der Waals surface area contributed by atoms with E-state index in [1.165, 1.54) is 0 Å². The third kappa shape index (κ3) is 7.42. The van der Waals surface area contributed by atoms with Gasteiger partial charge in [-0.25, -0.2) is 0 Å². The smallest absolute Gasteiger partial charge is 0.239 e. The second-order valence-electron chi connectivity index (χ2n) is 5.85. The van der Waals surface area contributed by atoms with Crippen molar-refractivity contribution in [3.8, 4) is 0 Å². The molecule has 0 spiro atoms. The summed E-state index contributed by atoms with van der Waals surface area (Å²) in [6.45, 7) is 8.92. The highest BCUT2D eigenvalue weighted by Gasteiger charge is 2.24. The first-order valence-electron chi connectivity index (χ1n) is 6.61. The van der Waals surface area contributed by atoms with E-state index in [1.807, 2.05) is 0 Å². The molecule has 1 amide bonds. The fraction of sp³-hybridized carbons (Fsp3) is 0.846. The van der Waals surface area contributed by atoms with Gasteiger partial charge in [-0.3, -0.25) is 9.79 Å². The monoisotopic (exact) mass is 287 g/mol. The molecule has 1 unspecified atom stereocenters. The van der Waals surface area contributed by atoms with Crippen LogP contribution in [0.1, 0.15) is 27.2 Å². The Hall–Kier alpha value is -0.750. The number of methoxy groups -OCH3 is 1. The van der Waals surface area contributed by atoms with Gasteiger partial charge >= 0.3 is 0 Å². The quantitative estimate of drug-likeness (QED) is 0.722. The minimum absolute atomic E-state index is 0.0281. The lowest BCUT2D eigenvalue weighted by Gasteiger charge is -2.21. The maximum atomic E-state index is 11.5. The predicted molar refractivity (Wildman–Crippen MR) is 80.6 cm³/mol. The first kappa shape index (κ1) is 16.3. The van der Waals surface area contributed by atoms with E-state index in [0.29, 0.717) is 23.8 Å². The molecule has 1 heterocycles. The molecule has 0 saturated carbocycles. The Balaban J connectivity index is 2.16. The Bertz CT molecular complexity index is 326. The van der Waals surface area contributed by atoms with Crippen molar-refractivity contribution in [3.63, 3.8) is 0 Å². The summed E-state index contributed by atoms with van der Waals surface area (Å²) in [6.07, 6.45) is 1.13. The van der Waals surface area contributed by atoms with E-state index < -0.39 is 0 Å². The zero-order valence-corrected chi connectivity index (χ0v) is 13.1. The standard InChI is InChI=1S/C13H25N3O2S/c1-13(2,3)7-10-8-15-12(19-10)16-9-11(17)14-5-6-18-4/h10H,5-9H2,1-4H3,(H,14,17)(H,15,16). The van der Waals surface area contributed by atoms with E-state index in [4.69, 9.17) is 4.74 Å². The van der Waals surface area contributed by atoms with Crippen molar-refractivity contribution < 1.29 is 9.53 Å². The largest absolute Gasteiger partial charge is 0.383 e. The number of nitrogens with zero attached hydrogens (tertiary/aromatic N) is 1. The van der Waals surface area contributed by atoms with Crippen molar-refractivity contribution in [2.75, 3.05) is 33.4 Å². The van der Waals surface area contributed by atoms with E-state index in [9.17, 15) is 4.79 Å². The number of hydrogen-bond donors (Lipinski definition) is 2. The number of amides is 1. The average molecular weight is 287 g/mol. The molecule has 1 atom stereocenters. The minimum Gasteiger partial charge on any atom is -0.383 e. The van der Waals surface area contributed by atoms with Crippen LogP contribution < -0.4 is 10.6 Å². The number of amidine groups is 1. The molecular formula is C13H25N3O2S. The fourth-order valence-electron chi connectivity index (χ4n) is 1.81. The van der Waals surface area contributed by atoms with E-state index in [-0.39, 0.29) is 12.5 Å². The van der Waals surface area contributed by atoms with Crippen LogP contribution in [0.5, 0.6) is 0 Å². The van der Waals surface area contributed by atoms with Crippen LogP contribution in [-0.4, -0.2) is 49.7 Å². The molecule has 0 aliphatic carbocycles. The minimum atomic E-state index is -0.0281. The van der Waals surface area contributed by atoms with E-state index in [2.05, 4.69) is 36.4 Å². The lowest BCUT2D eigenvalue weighted by atomic mass is 9.90. The van der Waals surface area contributed by atoms with Gasteiger partial charge in [-0.05, 0) is 11.8 Å². The maximum Gasteiger partial charge on any atom is 0.239 e. The highest BCUT2D eigenvalue weighted by atomic mass is 32.2. The van der Waals surface area contributed by atoms with Crippen LogP contribution in [0.25, 0.3) is 0 Å². The molecule has 0 bridgehead atoms. The highest BCUT2D eigenvalue weighted by molar-refractivity contribution is 8.14. The van der Waals surface area contributed by atoms with Gasteiger partial charge < -0.3 is 15.4 Å². The zero-order chi connectivity index (χ0) is 14.3. The van der Waals surface area contributed by atoms with Crippen molar-refractivity contribution in [1.29, 1.82) is 0 Å². The molecule has 0 radical (unpaired) electrons. The summed E-state index contributed by atoms with van der Waals surface area (Å²) in [5.41, 5.74) is 0.320. The van der Waals surface area contributed by atoms with Crippen LogP contribution >= 0.6 is 11.8 Å². The number of ether oxygens (including phenoxy) is 1. The number of nitrogens with one attached hydrogen (secondary N) is 2. The van der Waals surface area contributed by atoms with Crippen molar-refractivity contribution in [2.45, 2.75) is 32.4 Å². The molecular weight excluding hydrogens is 262 g/mol. The van der Waals surface area contributed by atoms with Crippen LogP contribution in [-0.2, 0) is 9.53 Å². The van der Waals surface area contributed by atoms with Crippen LogP contribution in [0.15, 0.2) is 4.99 Å². The van der Waals surface area contributed by atoms with E-state index in [0.717, 1.165) is 18.1 Å². The van der Waals surface area contributed by atoms with Crippen molar-refractivity contribution in [2.24, 2.45) is 10.4 Å². The molecule has 0 aromatic rings. The van der Waals surface area contributed by atoms with Gasteiger partial charge in [0.25, 0.3) is 0 Å². The molecule has 2 N–H and O–H groups in total. The molecule has 0 aromatic heterocycles. The molecule has 19 heavy (non-hydrogen) atoms. The van der Waals surface area contributed by atoms with Gasteiger partial charge in [0, 0.05) is 18.9 Å². The number of carbonyl (C=O) groups is 1. The van der Waals surface area contributed by atoms with Crippen molar-refractivity contribution in [1.82, 2.24) is 10.6 Å². The molecule has 0 fully saturated rings. The molecule has 5 nitrogen and oxygen atoms in total. The normalized spacial score (nSPS) is 19.2. The summed E-state index contributed by atoms with van der Waals surface area (Å²) in [5, 5.41) is 7.26. The second-order valence-corrected chi connectivity index (χ2v) is 7.14. The summed E-state index contributed by atoms with van der Waals surface area (Å²) in [6, 6.07) is 0. The number of aliphatic imine (C=N–C) groups is 1. The third-order valence-electron chi connectivity index (χ3n) is 2.59. The predicted octanol–water partition coefficient (Wildman–Crippen LogP) is 1.25. The third-order valence-corrected chi connectivity index (χ3v) is 3.73. The Labute approximate surface area is 120 Å². The van der Waals surface area contributed by atoms with Crippen LogP contribution in [0.3, 0.4) is 0 Å². The van der Waals surface area contributed by atoms with E-state index >= 15 is 0 Å². The molecule has 0 aromatic carbocycles. The molecule has 6 heteroatoms. The van der Waals surface area contributed by atoms with Gasteiger partial charge in [0.15, 0.2) is 5.17 Å². The molecule has 0 saturated heterocycles. The summed E-state index contributed by atoms with van der Waals surface area (Å²) < 4.78 is 4.87. The summed E-state index contributed by atoms with van der Waals surface area (Å²) >= 11 is 1.74. The topological polar surface area (TPSA) is 62.7 Å². The molecule has 1 rings (SSSR count). The van der Waals surface area contributed by atoms with Crippen LogP contribution in [0, 0.1) is 5.41 Å². The SMILES string of the molecule is COCCNC(=O)CNC1=NCC(CC(C)(C)C)S1. The van der Waals surface area contributed by atoms with Gasteiger partial charge in [-0.1, -0.05) is 32.5 Å². The number of carbonyl (C=O) groups excluding carboxylic acids is 1. The van der Waals surface area contributed by atoms with Crippen molar-refractivity contribution in [3.05, 3.63) is 0 Å². The fourth-order valence-corrected chi connectivity index (χ4v) is 3.17. The first-order chi connectivity index (χ1) is 8.90. The van der Waals surface area contributed by atoms with Gasteiger partial charge in [0.2, 0.25) is 5.91 Å². The Kier molecular flexibility index (Phi) is 6.65. The average Bonchev–Trinajstić information content (AvgIpc) is 2.72. The van der Waals surface area contributed by atoms with E-state index in [1.54, 1.807) is 18.9 Å². The summed E-state index contributed by atoms with van der Waals surface area (Å²) in [7, 11) is 1.61. The first-order valence-corrected chi connectivity index (χ1v) is 7.49. The molecule has 110 valence electrons. The lowest BCUT2D eigenvalue weighted by Crippen LogP contribution is -2.37. The number of hydrogen-bond acceptors (Lipinski definition) is 5. The maximum absolute atomic E-state index is 11.5. The molecule has 1 aliphatic heterocycles. The van der Waals surface area contributed by atoms with Gasteiger partial charge in [0.1, 0.15) is 0 Å². The molecule has 1 aliphatic rings. The number of rotatable bonds is 6. The van der Waals surface area contributed by atoms with Gasteiger partial charge in [0.05, 0.1) is 19.7 Å². The lowest BCUT2D eigenvalue weighted by molar-refractivity contribution is -0.120. The Morgan fingerprint density at radius 2 is 2.26 bits per heavy atom. The zero-order valence-electron chi connectivity index (χ0n) is 12.3. The van der Waals surface area contributed by atoms with Gasteiger partial charge in [-0.15, -0.1) is 0 Å². The van der Waals surface area contributed by atoms with Gasteiger partial charge in [-0.2, -0.15) is 0 Å². The Morgan fingerprint density at radius 3 is 2.89 bits per heavy atom. The number of thioether (sulfide) groups is 1. The van der Waals surface area contributed by atoms with Crippen LogP contribution in [0.2, 0.25) is 0 Å². The summed E-state index contributed by atoms with van der Waals surface area (Å²) in [5.74, 6) is -0.0281. The summed E-state index contributed by atoms with van der Waals surface area (Å²) in [4.78, 5) is 15.9. The highest BCUT2D eigenvalue weighted by Crippen LogP contribution is 2.31. The van der Waals surface area contributed by atoms with Crippen molar-refractivity contribution >= 4 is 22.8 Å². The van der Waals surface area contributed by atoms with Crippen LogP contribution in [0.4, 0.5) is 0 Å².